The van der Waals surface area contributed by atoms with E-state index in [9.17, 15) is 29.7 Å². The predicted octanol–water partition coefficient (Wildman–Crippen LogP) is -3.14. The molecule has 5 atom stereocenters. The van der Waals surface area contributed by atoms with Crippen LogP contribution in [0.5, 0.6) is 0 Å². The molecule has 8 N–H and O–H groups in total. The molecule has 4 heterocycles. The summed E-state index contributed by atoms with van der Waals surface area (Å²) in [5.41, 5.74) is 5.28. The summed E-state index contributed by atoms with van der Waals surface area (Å²) in [7, 11) is 0. The van der Waals surface area contributed by atoms with Crippen LogP contribution in [-0.2, 0) is 20.7 Å². The number of nitrogens with one attached hydrogen (secondary N) is 3. The van der Waals surface area contributed by atoms with Gasteiger partial charge >= 0.3 is 5.97 Å². The molecule has 0 bridgehead atoms. The van der Waals surface area contributed by atoms with Gasteiger partial charge in [-0.25, -0.2) is 14.8 Å². The Morgan fingerprint density at radius 3 is 2.81 bits per heavy atom. The van der Waals surface area contributed by atoms with Crippen molar-refractivity contribution in [2.75, 3.05) is 5.73 Å². The Morgan fingerprint density at radius 2 is 2.13 bits per heavy atom. The fraction of sp³-hybridized carbons (Fsp3) is 0.375. The second kappa shape index (κ2) is 7.78. The number of imidazole rings is 2. The van der Waals surface area contributed by atoms with E-state index in [0.29, 0.717) is 5.69 Å². The summed E-state index contributed by atoms with van der Waals surface area (Å²) < 4.78 is 6.65. The van der Waals surface area contributed by atoms with E-state index in [1.54, 1.807) is 0 Å². The summed E-state index contributed by atoms with van der Waals surface area (Å²) in [4.78, 5) is 52.7. The summed E-state index contributed by atoms with van der Waals surface area (Å²) in [6.45, 7) is 0. The zero-order valence-corrected chi connectivity index (χ0v) is 15.7. The summed E-state index contributed by atoms with van der Waals surface area (Å²) in [6, 6.07) is -1.34. The number of hydrogen-bond donors (Lipinski definition) is 7. The largest absolute Gasteiger partial charge is 0.480 e. The number of aromatic nitrogens is 6. The molecule has 4 rings (SSSR count). The molecule has 0 spiro atoms. The van der Waals surface area contributed by atoms with Gasteiger partial charge in [-0.15, -0.1) is 0 Å². The van der Waals surface area contributed by atoms with Crippen molar-refractivity contribution < 1.29 is 29.6 Å². The number of fused-ring (bicyclic) bond motifs is 1. The summed E-state index contributed by atoms with van der Waals surface area (Å²) in [5.74, 6) is -2.47. The highest BCUT2D eigenvalue weighted by atomic mass is 16.6. The van der Waals surface area contributed by atoms with Crippen molar-refractivity contribution in [3.05, 3.63) is 34.9 Å². The highest BCUT2D eigenvalue weighted by Gasteiger charge is 2.48. The molecule has 15 nitrogen and oxygen atoms in total. The third-order valence-electron chi connectivity index (χ3n) is 4.81. The number of amides is 1. The van der Waals surface area contributed by atoms with E-state index in [2.05, 4.69) is 30.2 Å². The number of hydrogen-bond acceptors (Lipinski definition) is 10. The molecule has 1 aliphatic rings. The highest BCUT2D eigenvalue weighted by Crippen LogP contribution is 2.31. The molecule has 0 saturated carbocycles. The van der Waals surface area contributed by atoms with Crippen molar-refractivity contribution in [2.45, 2.75) is 37.0 Å². The van der Waals surface area contributed by atoms with Gasteiger partial charge in [-0.1, -0.05) is 0 Å². The van der Waals surface area contributed by atoms with Crippen LogP contribution in [0.1, 0.15) is 11.9 Å². The normalized spacial score (nSPS) is 24.3. The quantitative estimate of drug-likeness (QED) is 0.205. The van der Waals surface area contributed by atoms with Crippen LogP contribution in [0.3, 0.4) is 0 Å². The summed E-state index contributed by atoms with van der Waals surface area (Å²) in [5, 5.41) is 32.4. The van der Waals surface area contributed by atoms with Gasteiger partial charge in [-0.05, 0) is 0 Å². The third-order valence-corrected chi connectivity index (χ3v) is 4.81. The molecule has 1 saturated heterocycles. The second-order valence-corrected chi connectivity index (χ2v) is 6.88. The first-order valence-corrected chi connectivity index (χ1v) is 9.00. The monoisotopic (exact) mass is 434 g/mol. The van der Waals surface area contributed by atoms with Crippen molar-refractivity contribution in [1.82, 2.24) is 34.8 Å². The number of nitrogen functional groups attached to an aromatic ring is 1. The van der Waals surface area contributed by atoms with Gasteiger partial charge in [0.25, 0.3) is 11.5 Å². The van der Waals surface area contributed by atoms with Crippen LogP contribution >= 0.6 is 0 Å². The Kier molecular flexibility index (Phi) is 5.14. The first-order chi connectivity index (χ1) is 14.8. The van der Waals surface area contributed by atoms with Crippen LogP contribution < -0.4 is 16.6 Å². The lowest BCUT2D eigenvalue weighted by Crippen LogP contribution is -2.50. The van der Waals surface area contributed by atoms with E-state index in [0.717, 1.165) is 10.9 Å². The van der Waals surface area contributed by atoms with Gasteiger partial charge in [0.1, 0.15) is 18.2 Å². The Morgan fingerprint density at radius 1 is 1.35 bits per heavy atom. The number of nitrogens with two attached hydrogens (primary N) is 1. The Balaban J connectivity index is 1.55. The topological polar surface area (TPSA) is 234 Å². The van der Waals surface area contributed by atoms with E-state index in [1.165, 1.54) is 12.5 Å². The van der Waals surface area contributed by atoms with E-state index < -0.39 is 48.0 Å². The maximum atomic E-state index is 12.6. The minimum absolute atomic E-state index is 0.0267. The molecule has 3 aromatic rings. The van der Waals surface area contributed by atoms with Crippen molar-refractivity contribution in [3.63, 3.8) is 0 Å². The van der Waals surface area contributed by atoms with Gasteiger partial charge < -0.3 is 36.1 Å². The number of aliphatic carboxylic acids is 1. The van der Waals surface area contributed by atoms with Gasteiger partial charge in [0.2, 0.25) is 5.95 Å². The molecule has 0 unspecified atom stereocenters. The Bertz CT molecular complexity index is 1170. The van der Waals surface area contributed by atoms with Crippen molar-refractivity contribution in [1.29, 1.82) is 0 Å². The molecule has 31 heavy (non-hydrogen) atoms. The van der Waals surface area contributed by atoms with Crippen LogP contribution in [-0.4, -0.2) is 81.0 Å². The Labute approximate surface area is 171 Å². The number of ether oxygens (including phenoxy) is 1. The zero-order chi connectivity index (χ0) is 22.3. The summed E-state index contributed by atoms with van der Waals surface area (Å²) in [6.07, 6.45) is -2.40. The van der Waals surface area contributed by atoms with Crippen LogP contribution in [0.4, 0.5) is 5.95 Å². The average Bonchev–Trinajstić information content (AvgIpc) is 3.42. The van der Waals surface area contributed by atoms with E-state index in [-0.39, 0.29) is 23.5 Å². The number of aromatic amines is 2. The minimum atomic E-state index is -1.69. The lowest BCUT2D eigenvalue weighted by atomic mass is 10.1. The van der Waals surface area contributed by atoms with Gasteiger partial charge in [0, 0.05) is 18.3 Å². The van der Waals surface area contributed by atoms with Crippen LogP contribution in [0.25, 0.3) is 11.2 Å². The van der Waals surface area contributed by atoms with Crippen molar-refractivity contribution in [2.24, 2.45) is 0 Å². The first kappa shape index (κ1) is 20.5. The minimum Gasteiger partial charge on any atom is -0.480 e. The third kappa shape index (κ3) is 3.72. The molecule has 0 aromatic carbocycles. The number of nitrogens with zero attached hydrogens (tertiary/aromatic N) is 4. The maximum absolute atomic E-state index is 12.6. The van der Waals surface area contributed by atoms with Crippen LogP contribution in [0.2, 0.25) is 0 Å². The number of carbonyl (C=O) groups is 2. The molecule has 164 valence electrons. The van der Waals surface area contributed by atoms with Crippen molar-refractivity contribution in [3.8, 4) is 0 Å². The standard InChI is InChI=1S/C16H18N8O7/c17-16-22-11-7(12(27)23-16)20-4-24(11)14-9(26)8(25)10(31-14)13(28)21-6(15(29)30)1-5-2-18-3-19-5/h2-4,6,8-10,14,25-26H,1H2,(H,18,19)(H,21,28)(H,29,30)(H3,17,22,23,27)/t6-,8-,9+,10-,14+/m0/s1. The number of carbonyl (C=O) groups excluding carboxylic acids is 1. The smallest absolute Gasteiger partial charge is 0.326 e. The van der Waals surface area contributed by atoms with Gasteiger partial charge in [-0.3, -0.25) is 19.1 Å². The average molecular weight is 434 g/mol. The highest BCUT2D eigenvalue weighted by molar-refractivity contribution is 5.87. The molecule has 3 aromatic heterocycles. The molecule has 1 fully saturated rings. The molecule has 0 aliphatic carbocycles. The molecule has 0 radical (unpaired) electrons. The summed E-state index contributed by atoms with van der Waals surface area (Å²) >= 11 is 0. The first-order valence-electron chi connectivity index (χ1n) is 9.00. The predicted molar refractivity (Wildman–Crippen MR) is 100 cm³/mol. The number of carboxylic acids is 1. The number of H-pyrrole nitrogens is 2. The number of carboxylic acid groups (broad SMARTS) is 1. The van der Waals surface area contributed by atoms with Gasteiger partial charge in [0.05, 0.1) is 12.7 Å². The van der Waals surface area contributed by atoms with E-state index >= 15 is 0 Å². The Hall–Kier alpha value is -3.82. The number of aliphatic hydroxyl groups excluding tert-OH is 2. The van der Waals surface area contributed by atoms with Crippen LogP contribution in [0, 0.1) is 0 Å². The number of aliphatic hydroxyl groups is 2. The van der Waals surface area contributed by atoms with E-state index in [1.807, 2.05) is 0 Å². The van der Waals surface area contributed by atoms with Gasteiger partial charge in [0.15, 0.2) is 23.5 Å². The number of rotatable bonds is 6. The van der Waals surface area contributed by atoms with E-state index in [4.69, 9.17) is 10.5 Å². The molecule has 1 aliphatic heterocycles. The number of anilines is 1. The fourth-order valence-electron chi connectivity index (χ4n) is 3.31. The van der Waals surface area contributed by atoms with Gasteiger partial charge in [-0.2, -0.15) is 4.98 Å². The molecular formula is C16H18N8O7. The molecular weight excluding hydrogens is 416 g/mol. The fourth-order valence-corrected chi connectivity index (χ4v) is 3.31. The maximum Gasteiger partial charge on any atom is 0.326 e. The molecule has 1 amide bonds. The zero-order valence-electron chi connectivity index (χ0n) is 15.7. The van der Waals surface area contributed by atoms with Crippen molar-refractivity contribution >= 4 is 29.0 Å². The second-order valence-electron chi connectivity index (χ2n) is 6.88. The lowest BCUT2D eigenvalue weighted by Gasteiger charge is -2.18. The SMILES string of the molecule is Nc1nc2c(ncn2[C@@H]2O[C@H](C(=O)N[C@@H](Cc3cnc[nH]3)C(=O)O)[C@@H](O)[C@H]2O)c(=O)[nH]1. The van der Waals surface area contributed by atoms with Crippen LogP contribution in [0.15, 0.2) is 23.6 Å². The molecule has 15 heteroatoms. The lowest BCUT2D eigenvalue weighted by molar-refractivity contribution is -0.146.